The molecule has 0 aliphatic carbocycles. The topological polar surface area (TPSA) is 0 Å². The molecule has 1 heteroatoms. The van der Waals surface area contributed by atoms with Crippen LogP contribution in [-0.4, -0.2) is 15.0 Å². The van der Waals surface area contributed by atoms with Gasteiger partial charge in [-0.15, -0.1) is 0 Å². The first-order chi connectivity index (χ1) is 8.59. The van der Waals surface area contributed by atoms with E-state index in [9.17, 15) is 0 Å². The number of benzene rings is 1. The molecule has 1 fully saturated rings. The SMILES string of the molecule is CC(C)c1ccc(C#CC2(C)CCCC[Se]2)cc1. The molecule has 0 saturated carbocycles. The Bertz CT molecular complexity index is 439. The Morgan fingerprint density at radius 2 is 1.89 bits per heavy atom. The molecule has 2 rings (SSSR count). The second-order valence-corrected chi connectivity index (χ2v) is 8.92. The monoisotopic (exact) mass is 306 g/mol. The summed E-state index contributed by atoms with van der Waals surface area (Å²) >= 11 is 0.704. The Kier molecular flexibility index (Phi) is 4.55. The fourth-order valence-corrected chi connectivity index (χ4v) is 4.73. The van der Waals surface area contributed by atoms with Gasteiger partial charge in [0.2, 0.25) is 0 Å². The summed E-state index contributed by atoms with van der Waals surface area (Å²) in [4.78, 5) is 0. The van der Waals surface area contributed by atoms with Crippen LogP contribution in [0.5, 0.6) is 0 Å². The minimum absolute atomic E-state index is 0.321. The summed E-state index contributed by atoms with van der Waals surface area (Å²) in [5, 5.41) is 1.41. The first kappa shape index (κ1) is 13.7. The van der Waals surface area contributed by atoms with Crippen molar-refractivity contribution in [1.29, 1.82) is 0 Å². The summed E-state index contributed by atoms with van der Waals surface area (Å²) < 4.78 is 0.321. The molecule has 0 aromatic heterocycles. The van der Waals surface area contributed by atoms with Gasteiger partial charge < -0.3 is 0 Å². The van der Waals surface area contributed by atoms with E-state index in [4.69, 9.17) is 0 Å². The molecule has 1 aromatic carbocycles. The molecule has 1 aliphatic rings. The Morgan fingerprint density at radius 3 is 2.44 bits per heavy atom. The fraction of sp³-hybridized carbons (Fsp3) is 0.529. The minimum atomic E-state index is 0.321. The molecule has 1 aliphatic heterocycles. The zero-order valence-electron chi connectivity index (χ0n) is 11.6. The fourth-order valence-electron chi connectivity index (χ4n) is 2.19. The van der Waals surface area contributed by atoms with Gasteiger partial charge in [-0.05, 0) is 0 Å². The van der Waals surface area contributed by atoms with Crippen molar-refractivity contribution in [2.75, 3.05) is 0 Å². The molecule has 0 bridgehead atoms. The van der Waals surface area contributed by atoms with Crippen LogP contribution >= 0.6 is 0 Å². The van der Waals surface area contributed by atoms with E-state index in [1.54, 1.807) is 0 Å². The first-order valence-corrected chi connectivity index (χ1v) is 8.93. The third kappa shape index (κ3) is 3.64. The normalized spacial score (nSPS) is 23.6. The third-order valence-corrected chi connectivity index (χ3v) is 6.53. The van der Waals surface area contributed by atoms with Crippen molar-refractivity contribution < 1.29 is 0 Å². The summed E-state index contributed by atoms with van der Waals surface area (Å²) in [5.41, 5.74) is 2.57. The van der Waals surface area contributed by atoms with E-state index in [2.05, 4.69) is 56.9 Å². The molecule has 0 amide bonds. The van der Waals surface area contributed by atoms with Gasteiger partial charge in [-0.1, -0.05) is 0 Å². The van der Waals surface area contributed by atoms with E-state index in [0.29, 0.717) is 25.2 Å². The van der Waals surface area contributed by atoms with Crippen LogP contribution in [-0.2, 0) is 0 Å². The van der Waals surface area contributed by atoms with Crippen LogP contribution in [0.4, 0.5) is 0 Å². The van der Waals surface area contributed by atoms with E-state index in [0.717, 1.165) is 0 Å². The molecular formula is C17H22Se. The van der Waals surface area contributed by atoms with Crippen LogP contribution in [0.1, 0.15) is 57.1 Å². The van der Waals surface area contributed by atoms with E-state index < -0.39 is 0 Å². The quantitative estimate of drug-likeness (QED) is 0.523. The van der Waals surface area contributed by atoms with Crippen LogP contribution in [0, 0.1) is 11.8 Å². The van der Waals surface area contributed by atoms with Crippen molar-refractivity contribution in [3.05, 3.63) is 35.4 Å². The zero-order chi connectivity index (χ0) is 13.0. The summed E-state index contributed by atoms with van der Waals surface area (Å²) in [5.74, 6) is 7.53. The van der Waals surface area contributed by atoms with Crippen molar-refractivity contribution in [1.82, 2.24) is 0 Å². The van der Waals surface area contributed by atoms with Crippen molar-refractivity contribution in [2.24, 2.45) is 0 Å². The molecular weight excluding hydrogens is 283 g/mol. The van der Waals surface area contributed by atoms with Crippen molar-refractivity contribution in [3.8, 4) is 11.8 Å². The average molecular weight is 305 g/mol. The standard InChI is InChI=1S/C17H22Se/c1-14(2)16-8-6-15(7-9-16)10-12-17(3)11-4-5-13-18-17/h6-9,14H,4-5,11,13H2,1-3H3. The number of hydrogen-bond donors (Lipinski definition) is 0. The number of hydrogen-bond acceptors (Lipinski definition) is 0. The van der Waals surface area contributed by atoms with Crippen LogP contribution in [0.15, 0.2) is 24.3 Å². The Balaban J connectivity index is 2.09. The van der Waals surface area contributed by atoms with Gasteiger partial charge in [0, 0.05) is 0 Å². The van der Waals surface area contributed by atoms with Gasteiger partial charge in [0.1, 0.15) is 0 Å². The molecule has 1 unspecified atom stereocenters. The summed E-state index contributed by atoms with van der Waals surface area (Å²) in [7, 11) is 0. The molecule has 1 atom stereocenters. The van der Waals surface area contributed by atoms with Crippen molar-refractivity contribution >= 4 is 15.0 Å². The van der Waals surface area contributed by atoms with Gasteiger partial charge in [-0.2, -0.15) is 0 Å². The van der Waals surface area contributed by atoms with Gasteiger partial charge in [0.25, 0.3) is 0 Å². The summed E-state index contributed by atoms with van der Waals surface area (Å²) in [6, 6.07) is 8.76. The molecule has 0 spiro atoms. The van der Waals surface area contributed by atoms with Gasteiger partial charge in [-0.3, -0.25) is 0 Å². The third-order valence-electron chi connectivity index (χ3n) is 3.52. The van der Waals surface area contributed by atoms with Gasteiger partial charge in [0.05, 0.1) is 0 Å². The Labute approximate surface area is 118 Å². The van der Waals surface area contributed by atoms with Crippen LogP contribution < -0.4 is 0 Å². The molecule has 0 radical (unpaired) electrons. The van der Waals surface area contributed by atoms with Crippen LogP contribution in [0.25, 0.3) is 0 Å². The molecule has 1 aromatic rings. The molecule has 96 valence electrons. The zero-order valence-corrected chi connectivity index (χ0v) is 13.3. The molecule has 0 nitrogen and oxygen atoms in total. The van der Waals surface area contributed by atoms with Crippen molar-refractivity contribution in [2.45, 2.75) is 55.6 Å². The molecule has 1 heterocycles. The summed E-state index contributed by atoms with van der Waals surface area (Å²) in [6.45, 7) is 6.81. The molecule has 0 N–H and O–H groups in total. The van der Waals surface area contributed by atoms with E-state index in [1.807, 2.05) is 0 Å². The predicted molar refractivity (Wildman–Crippen MR) is 80.2 cm³/mol. The Morgan fingerprint density at radius 1 is 1.17 bits per heavy atom. The van der Waals surface area contributed by atoms with Crippen LogP contribution in [0.3, 0.4) is 0 Å². The van der Waals surface area contributed by atoms with Gasteiger partial charge in [0.15, 0.2) is 0 Å². The van der Waals surface area contributed by atoms with Gasteiger partial charge >= 0.3 is 118 Å². The predicted octanol–water partition coefficient (Wildman–Crippen LogP) is 4.65. The molecule has 18 heavy (non-hydrogen) atoms. The number of rotatable bonds is 1. The maximum atomic E-state index is 3.54. The molecule has 1 saturated heterocycles. The second-order valence-electron chi connectivity index (χ2n) is 5.56. The van der Waals surface area contributed by atoms with E-state index in [-0.39, 0.29) is 0 Å². The van der Waals surface area contributed by atoms with Crippen LogP contribution in [0.2, 0.25) is 9.63 Å². The maximum absolute atomic E-state index is 3.54. The van der Waals surface area contributed by atoms with Gasteiger partial charge in [-0.25, -0.2) is 0 Å². The first-order valence-electron chi connectivity index (χ1n) is 6.86. The Hall–Kier alpha value is -0.701. The second kappa shape index (κ2) is 5.96. The summed E-state index contributed by atoms with van der Waals surface area (Å²) in [6.07, 6.45) is 4.07. The average Bonchev–Trinajstić information content (AvgIpc) is 2.38. The van der Waals surface area contributed by atoms with Crippen molar-refractivity contribution in [3.63, 3.8) is 0 Å². The van der Waals surface area contributed by atoms with E-state index in [1.165, 1.54) is 35.7 Å². The van der Waals surface area contributed by atoms with E-state index >= 15 is 0 Å².